The molecule has 2 aromatic carbocycles. The first kappa shape index (κ1) is 19.5. The number of rotatable bonds is 8. The first-order valence-electron chi connectivity index (χ1n) is 7.89. The van der Waals surface area contributed by atoms with E-state index in [1.54, 1.807) is 42.5 Å². The molecule has 0 aliphatic rings. The van der Waals surface area contributed by atoms with Crippen LogP contribution in [0.3, 0.4) is 0 Å². The van der Waals surface area contributed by atoms with Crippen LogP contribution >= 0.6 is 0 Å². The van der Waals surface area contributed by atoms with Crippen LogP contribution in [-0.2, 0) is 14.6 Å². The van der Waals surface area contributed by atoms with Crippen molar-refractivity contribution >= 4 is 21.7 Å². The van der Waals surface area contributed by atoms with E-state index in [4.69, 9.17) is 4.74 Å². The van der Waals surface area contributed by atoms with Gasteiger partial charge in [0, 0.05) is 12.1 Å². The number of amides is 2. The molecule has 0 heterocycles. The molecular weight excluding hydrogens is 356 g/mol. The van der Waals surface area contributed by atoms with E-state index in [1.165, 1.54) is 19.2 Å². The highest BCUT2D eigenvalue weighted by Crippen LogP contribution is 2.11. The van der Waals surface area contributed by atoms with Crippen molar-refractivity contribution in [3.63, 3.8) is 0 Å². The molecule has 8 heteroatoms. The van der Waals surface area contributed by atoms with Gasteiger partial charge in [0.05, 0.1) is 24.3 Å². The largest absolute Gasteiger partial charge is 0.497 e. The minimum Gasteiger partial charge on any atom is -0.497 e. The molecule has 2 rings (SSSR count). The van der Waals surface area contributed by atoms with Gasteiger partial charge < -0.3 is 15.4 Å². The van der Waals surface area contributed by atoms with Crippen LogP contribution in [-0.4, -0.2) is 46.2 Å². The van der Waals surface area contributed by atoms with Crippen LogP contribution in [0.2, 0.25) is 0 Å². The molecule has 26 heavy (non-hydrogen) atoms. The van der Waals surface area contributed by atoms with Gasteiger partial charge in [0.2, 0.25) is 5.91 Å². The maximum Gasteiger partial charge on any atom is 0.251 e. The number of ether oxygens (including phenoxy) is 1. The third-order valence-corrected chi connectivity index (χ3v) is 5.29. The van der Waals surface area contributed by atoms with Gasteiger partial charge in [0.25, 0.3) is 5.91 Å². The van der Waals surface area contributed by atoms with Gasteiger partial charge in [-0.15, -0.1) is 0 Å². The summed E-state index contributed by atoms with van der Waals surface area (Å²) in [6.45, 7) is -0.273. The molecule has 2 aromatic rings. The molecule has 0 atom stereocenters. The van der Waals surface area contributed by atoms with Crippen molar-refractivity contribution in [1.82, 2.24) is 10.6 Å². The fraction of sp³-hybridized carbons (Fsp3) is 0.222. The number of sulfone groups is 1. The summed E-state index contributed by atoms with van der Waals surface area (Å²) in [5.74, 6) is -0.455. The summed E-state index contributed by atoms with van der Waals surface area (Å²) < 4.78 is 29.2. The molecule has 2 amide bonds. The van der Waals surface area contributed by atoms with Gasteiger partial charge in [-0.3, -0.25) is 9.59 Å². The zero-order valence-corrected chi connectivity index (χ0v) is 15.1. The first-order chi connectivity index (χ1) is 12.4. The SMILES string of the molecule is COc1ccc(C(=O)NCC(=O)NCCS(=O)(=O)c2ccccc2)cc1. The molecule has 0 spiro atoms. The Morgan fingerprint density at radius 2 is 1.62 bits per heavy atom. The highest BCUT2D eigenvalue weighted by atomic mass is 32.2. The molecule has 2 N–H and O–H groups in total. The standard InChI is InChI=1S/C18H20N2O5S/c1-25-15-9-7-14(8-10-15)18(22)20-13-17(21)19-11-12-26(23,24)16-5-3-2-4-6-16/h2-10H,11-13H2,1H3,(H,19,21)(H,20,22). The van der Waals surface area contributed by atoms with E-state index in [9.17, 15) is 18.0 Å². The van der Waals surface area contributed by atoms with Crippen LogP contribution in [0.15, 0.2) is 59.5 Å². The molecule has 0 unspecified atom stereocenters. The number of carbonyl (C=O) groups excluding carboxylic acids is 2. The summed E-state index contributed by atoms with van der Waals surface area (Å²) in [7, 11) is -1.93. The van der Waals surface area contributed by atoms with Gasteiger partial charge in [-0.2, -0.15) is 0 Å². The van der Waals surface area contributed by atoms with Crippen molar-refractivity contribution in [2.24, 2.45) is 0 Å². The lowest BCUT2D eigenvalue weighted by Gasteiger charge is -2.08. The van der Waals surface area contributed by atoms with Crippen molar-refractivity contribution in [1.29, 1.82) is 0 Å². The fourth-order valence-corrected chi connectivity index (χ4v) is 3.32. The van der Waals surface area contributed by atoms with Crippen LogP contribution in [0, 0.1) is 0 Å². The molecule has 0 saturated heterocycles. The molecule has 0 radical (unpaired) electrons. The molecule has 0 aliphatic carbocycles. The topological polar surface area (TPSA) is 102 Å². The van der Waals surface area contributed by atoms with E-state index in [2.05, 4.69) is 10.6 Å². The van der Waals surface area contributed by atoms with E-state index in [1.807, 2.05) is 0 Å². The third-order valence-electron chi connectivity index (χ3n) is 3.56. The van der Waals surface area contributed by atoms with E-state index in [0.717, 1.165) is 0 Å². The first-order valence-corrected chi connectivity index (χ1v) is 9.54. The van der Waals surface area contributed by atoms with Crippen molar-refractivity contribution in [3.8, 4) is 5.75 Å². The zero-order valence-electron chi connectivity index (χ0n) is 14.3. The quantitative estimate of drug-likeness (QED) is 0.716. The molecule has 0 saturated carbocycles. The second kappa shape index (κ2) is 9.00. The Kier molecular flexibility index (Phi) is 6.74. The average Bonchev–Trinajstić information content (AvgIpc) is 2.66. The van der Waals surface area contributed by atoms with Crippen LogP contribution in [0.1, 0.15) is 10.4 Å². The molecular formula is C18H20N2O5S. The molecule has 0 bridgehead atoms. The monoisotopic (exact) mass is 376 g/mol. The smallest absolute Gasteiger partial charge is 0.251 e. The van der Waals surface area contributed by atoms with E-state index in [-0.39, 0.29) is 23.7 Å². The van der Waals surface area contributed by atoms with Crippen molar-refractivity contribution in [2.45, 2.75) is 4.90 Å². The number of hydrogen-bond donors (Lipinski definition) is 2. The van der Waals surface area contributed by atoms with Gasteiger partial charge >= 0.3 is 0 Å². The normalized spacial score (nSPS) is 10.8. The lowest BCUT2D eigenvalue weighted by molar-refractivity contribution is -0.120. The van der Waals surface area contributed by atoms with Gasteiger partial charge in [-0.25, -0.2) is 8.42 Å². The van der Waals surface area contributed by atoms with Gasteiger partial charge in [0.1, 0.15) is 5.75 Å². The summed E-state index contributed by atoms with van der Waals surface area (Å²) in [5, 5.41) is 4.96. The van der Waals surface area contributed by atoms with Crippen molar-refractivity contribution < 1.29 is 22.7 Å². The Bertz CT molecular complexity index is 849. The number of nitrogens with one attached hydrogen (secondary N) is 2. The second-order valence-corrected chi connectivity index (χ2v) is 7.50. The summed E-state index contributed by atoms with van der Waals surface area (Å²) in [6.07, 6.45) is 0. The van der Waals surface area contributed by atoms with Crippen LogP contribution < -0.4 is 15.4 Å². The van der Waals surface area contributed by atoms with Crippen LogP contribution in [0.25, 0.3) is 0 Å². The van der Waals surface area contributed by atoms with Crippen LogP contribution in [0.4, 0.5) is 0 Å². The maximum atomic E-state index is 12.1. The molecule has 0 aromatic heterocycles. The van der Waals surface area contributed by atoms with E-state index < -0.39 is 21.7 Å². The van der Waals surface area contributed by atoms with Gasteiger partial charge in [-0.1, -0.05) is 18.2 Å². The lowest BCUT2D eigenvalue weighted by Crippen LogP contribution is -2.38. The minimum absolute atomic E-state index is 0.0333. The third kappa shape index (κ3) is 5.59. The van der Waals surface area contributed by atoms with Crippen LogP contribution in [0.5, 0.6) is 5.75 Å². The lowest BCUT2D eigenvalue weighted by atomic mass is 10.2. The summed E-state index contributed by atoms with van der Waals surface area (Å²) in [4.78, 5) is 23.9. The van der Waals surface area contributed by atoms with Gasteiger partial charge in [0.15, 0.2) is 9.84 Å². The van der Waals surface area contributed by atoms with E-state index in [0.29, 0.717) is 11.3 Å². The highest BCUT2D eigenvalue weighted by molar-refractivity contribution is 7.91. The van der Waals surface area contributed by atoms with Crippen molar-refractivity contribution in [3.05, 3.63) is 60.2 Å². The molecule has 0 aliphatic heterocycles. The average molecular weight is 376 g/mol. The summed E-state index contributed by atoms with van der Waals surface area (Å²) in [5.41, 5.74) is 0.394. The summed E-state index contributed by atoms with van der Waals surface area (Å²) >= 11 is 0. The summed E-state index contributed by atoms with van der Waals surface area (Å²) in [6, 6.07) is 14.5. The van der Waals surface area contributed by atoms with E-state index >= 15 is 0 Å². The van der Waals surface area contributed by atoms with Gasteiger partial charge in [-0.05, 0) is 36.4 Å². The molecule has 0 fully saturated rings. The number of benzene rings is 2. The molecule has 138 valence electrons. The van der Waals surface area contributed by atoms with Crippen molar-refractivity contribution in [2.75, 3.05) is 26.0 Å². The molecule has 7 nitrogen and oxygen atoms in total. The fourth-order valence-electron chi connectivity index (χ4n) is 2.14. The Morgan fingerprint density at radius 1 is 0.962 bits per heavy atom. The maximum absolute atomic E-state index is 12.1. The Labute approximate surface area is 152 Å². The Balaban J connectivity index is 1.75. The minimum atomic E-state index is -3.45. The highest BCUT2D eigenvalue weighted by Gasteiger charge is 2.14. The number of hydrogen-bond acceptors (Lipinski definition) is 5. The predicted molar refractivity (Wildman–Crippen MR) is 96.8 cm³/mol. The Morgan fingerprint density at radius 3 is 2.23 bits per heavy atom. The Hall–Kier alpha value is -2.87. The number of methoxy groups -OCH3 is 1. The predicted octanol–water partition coefficient (Wildman–Crippen LogP) is 1.02. The second-order valence-electron chi connectivity index (χ2n) is 5.39. The zero-order chi connectivity index (χ0) is 19.0. The number of carbonyl (C=O) groups is 2.